The van der Waals surface area contributed by atoms with E-state index in [4.69, 9.17) is 5.73 Å². The highest BCUT2D eigenvalue weighted by Crippen LogP contribution is 2.25. The highest BCUT2D eigenvalue weighted by molar-refractivity contribution is 5.85. The number of amides is 2. The summed E-state index contributed by atoms with van der Waals surface area (Å²) >= 11 is 0. The third-order valence-electron chi connectivity index (χ3n) is 5.76. The molecule has 1 atom stereocenters. The number of halogens is 2. The molecule has 2 fully saturated rings. The van der Waals surface area contributed by atoms with Gasteiger partial charge in [-0.25, -0.2) is 0 Å². The summed E-state index contributed by atoms with van der Waals surface area (Å²) in [5.74, 6) is 0.728. The molecular weight excluding hydrogens is 387 g/mol. The predicted molar refractivity (Wildman–Crippen MR) is 115 cm³/mol. The Morgan fingerprint density at radius 3 is 1.93 bits per heavy atom. The summed E-state index contributed by atoms with van der Waals surface area (Å²) in [6, 6.07) is -0.458. The molecule has 2 heterocycles. The molecule has 2 aliphatic rings. The number of rotatable bonds is 4. The van der Waals surface area contributed by atoms with E-state index in [0.717, 1.165) is 58.7 Å². The monoisotopic (exact) mass is 424 g/mol. The molecule has 2 amide bonds. The smallest absolute Gasteiger partial charge is 0.240 e. The first kappa shape index (κ1) is 26.4. The lowest BCUT2D eigenvalue weighted by Gasteiger charge is -2.38. The second-order valence-corrected chi connectivity index (χ2v) is 8.63. The number of likely N-dealkylation sites (N-methyl/N-ethyl adjacent to an activating group) is 1. The van der Waals surface area contributed by atoms with Crippen LogP contribution in [0.4, 0.5) is 0 Å². The first-order valence-electron chi connectivity index (χ1n) is 9.77. The van der Waals surface area contributed by atoms with E-state index in [1.807, 2.05) is 30.6 Å². The Kier molecular flexibility index (Phi) is 11.2. The molecule has 0 saturated carbocycles. The van der Waals surface area contributed by atoms with Gasteiger partial charge in [0.15, 0.2) is 0 Å². The Hall–Kier alpha value is -0.560. The lowest BCUT2D eigenvalue weighted by molar-refractivity contribution is -0.137. The van der Waals surface area contributed by atoms with E-state index >= 15 is 0 Å². The van der Waals surface area contributed by atoms with Gasteiger partial charge in [0.2, 0.25) is 11.8 Å². The molecule has 2 aliphatic heterocycles. The zero-order chi connectivity index (χ0) is 18.6. The van der Waals surface area contributed by atoms with Crippen LogP contribution in [-0.2, 0) is 9.59 Å². The molecule has 6 nitrogen and oxygen atoms in total. The topological polar surface area (TPSA) is 69.9 Å². The van der Waals surface area contributed by atoms with Gasteiger partial charge >= 0.3 is 0 Å². The number of hydrogen-bond acceptors (Lipinski definition) is 4. The number of piperazine rings is 1. The van der Waals surface area contributed by atoms with Gasteiger partial charge in [-0.3, -0.25) is 9.59 Å². The fraction of sp³-hybridized carbons (Fsp3) is 0.895. The summed E-state index contributed by atoms with van der Waals surface area (Å²) in [4.78, 5) is 31.3. The van der Waals surface area contributed by atoms with Crippen molar-refractivity contribution in [1.82, 2.24) is 14.7 Å². The van der Waals surface area contributed by atoms with Gasteiger partial charge in [-0.1, -0.05) is 27.7 Å². The van der Waals surface area contributed by atoms with Crippen LogP contribution >= 0.6 is 24.8 Å². The van der Waals surface area contributed by atoms with E-state index in [1.54, 1.807) is 0 Å². The molecule has 2 rings (SSSR count). The molecule has 0 aromatic rings. The van der Waals surface area contributed by atoms with Crippen LogP contribution in [0.15, 0.2) is 0 Å². The second-order valence-electron chi connectivity index (χ2n) is 8.63. The van der Waals surface area contributed by atoms with E-state index in [0.29, 0.717) is 12.3 Å². The molecule has 0 unspecified atom stereocenters. The molecule has 8 heteroatoms. The average molecular weight is 425 g/mol. The summed E-state index contributed by atoms with van der Waals surface area (Å²) in [6.45, 7) is 14.4. The van der Waals surface area contributed by atoms with Gasteiger partial charge in [-0.2, -0.15) is 0 Å². The van der Waals surface area contributed by atoms with Gasteiger partial charge in [0, 0.05) is 45.7 Å². The molecule has 0 radical (unpaired) electrons. The molecule has 0 aromatic heterocycles. The maximum absolute atomic E-state index is 12.5. The average Bonchev–Trinajstić information content (AvgIpc) is 2.60. The molecule has 2 N–H and O–H groups in total. The van der Waals surface area contributed by atoms with Gasteiger partial charge in [0.25, 0.3) is 0 Å². The highest BCUT2D eigenvalue weighted by Gasteiger charge is 2.33. The number of nitrogens with two attached hydrogens (primary N) is 1. The fourth-order valence-electron chi connectivity index (χ4n) is 3.61. The van der Waals surface area contributed by atoms with Crippen molar-refractivity contribution in [3.05, 3.63) is 0 Å². The number of carbonyl (C=O) groups is 2. The Labute approximate surface area is 177 Å². The number of piperidine rings is 1. The van der Waals surface area contributed by atoms with E-state index in [2.05, 4.69) is 11.8 Å². The fourth-order valence-corrected chi connectivity index (χ4v) is 3.61. The van der Waals surface area contributed by atoms with Crippen LogP contribution in [0.2, 0.25) is 0 Å². The minimum atomic E-state index is -0.458. The lowest BCUT2D eigenvalue weighted by Crippen LogP contribution is -2.52. The van der Waals surface area contributed by atoms with E-state index in [1.165, 1.54) is 0 Å². The Morgan fingerprint density at radius 2 is 1.48 bits per heavy atom. The predicted octanol–water partition coefficient (Wildman–Crippen LogP) is 2.00. The van der Waals surface area contributed by atoms with Gasteiger partial charge in [-0.15, -0.1) is 24.8 Å². The molecule has 0 aromatic carbocycles. The highest BCUT2D eigenvalue weighted by atomic mass is 35.5. The molecule has 2 saturated heterocycles. The minimum Gasteiger partial charge on any atom is -0.341 e. The summed E-state index contributed by atoms with van der Waals surface area (Å²) in [7, 11) is 0. The van der Waals surface area contributed by atoms with Crippen molar-refractivity contribution in [3.63, 3.8) is 0 Å². The number of nitrogens with zero attached hydrogens (tertiary/aromatic N) is 3. The van der Waals surface area contributed by atoms with Crippen molar-refractivity contribution in [2.24, 2.45) is 17.1 Å². The number of carbonyl (C=O) groups excluding carboxylic acids is 2. The van der Waals surface area contributed by atoms with E-state index in [9.17, 15) is 9.59 Å². The van der Waals surface area contributed by atoms with E-state index in [-0.39, 0.29) is 42.0 Å². The normalized spacial score (nSPS) is 20.5. The molecule has 27 heavy (non-hydrogen) atoms. The van der Waals surface area contributed by atoms with Crippen LogP contribution in [0.5, 0.6) is 0 Å². The van der Waals surface area contributed by atoms with Crippen molar-refractivity contribution >= 4 is 36.6 Å². The third-order valence-corrected chi connectivity index (χ3v) is 5.76. The molecule has 0 aliphatic carbocycles. The first-order valence-corrected chi connectivity index (χ1v) is 9.77. The number of likely N-dealkylation sites (tertiary alicyclic amines) is 1. The maximum Gasteiger partial charge on any atom is 0.240 e. The van der Waals surface area contributed by atoms with E-state index < -0.39 is 6.04 Å². The largest absolute Gasteiger partial charge is 0.341 e. The van der Waals surface area contributed by atoms with Gasteiger partial charge in [-0.05, 0) is 30.7 Å². The molecule has 160 valence electrons. The minimum absolute atomic E-state index is 0. The van der Waals surface area contributed by atoms with Crippen LogP contribution in [0.25, 0.3) is 0 Å². The first-order chi connectivity index (χ1) is 11.7. The Bertz CT molecular complexity index is 469. The van der Waals surface area contributed by atoms with Gasteiger partial charge in [0.1, 0.15) is 0 Å². The SMILES string of the molecule is CCN1CCN(C(=O)CC2CCN(C(=O)[C@@H](N)C(C)(C)C)CC2)CC1.Cl.Cl. The lowest BCUT2D eigenvalue weighted by atomic mass is 9.85. The van der Waals surface area contributed by atoms with Gasteiger partial charge in [0.05, 0.1) is 6.04 Å². The number of hydrogen-bond donors (Lipinski definition) is 1. The van der Waals surface area contributed by atoms with Crippen LogP contribution in [-0.4, -0.2) is 78.4 Å². The standard InChI is InChI=1S/C19H36N4O2.2ClH/c1-5-21-10-12-22(13-11-21)16(24)14-15-6-8-23(9-7-15)18(25)17(20)19(2,3)4;;/h15,17H,5-14,20H2,1-4H3;2*1H/t17-;;/m1../s1. The van der Waals surface area contributed by atoms with Crippen LogP contribution in [0, 0.1) is 11.3 Å². The van der Waals surface area contributed by atoms with Crippen LogP contribution in [0.3, 0.4) is 0 Å². The quantitative estimate of drug-likeness (QED) is 0.748. The summed E-state index contributed by atoms with van der Waals surface area (Å²) in [6.07, 6.45) is 2.44. The summed E-state index contributed by atoms with van der Waals surface area (Å²) < 4.78 is 0. The third kappa shape index (κ3) is 7.41. The van der Waals surface area contributed by atoms with Crippen LogP contribution in [0.1, 0.15) is 47.0 Å². The second kappa shape index (κ2) is 11.4. The van der Waals surface area contributed by atoms with Crippen LogP contribution < -0.4 is 5.73 Å². The Balaban J connectivity index is 0.00000338. The molecular formula is C19H38Cl2N4O2. The molecule has 0 spiro atoms. The van der Waals surface area contributed by atoms with Crippen molar-refractivity contribution in [1.29, 1.82) is 0 Å². The van der Waals surface area contributed by atoms with Crippen molar-refractivity contribution < 1.29 is 9.59 Å². The molecule has 0 bridgehead atoms. The van der Waals surface area contributed by atoms with Crippen molar-refractivity contribution in [3.8, 4) is 0 Å². The maximum atomic E-state index is 12.5. The Morgan fingerprint density at radius 1 is 0.963 bits per heavy atom. The van der Waals surface area contributed by atoms with Crippen molar-refractivity contribution in [2.75, 3.05) is 45.8 Å². The summed E-state index contributed by atoms with van der Waals surface area (Å²) in [5, 5.41) is 0. The summed E-state index contributed by atoms with van der Waals surface area (Å²) in [5.41, 5.74) is 5.89. The van der Waals surface area contributed by atoms with Crippen molar-refractivity contribution in [2.45, 2.75) is 53.0 Å². The zero-order valence-electron chi connectivity index (χ0n) is 17.3. The van der Waals surface area contributed by atoms with Gasteiger partial charge < -0.3 is 20.4 Å². The zero-order valence-corrected chi connectivity index (χ0v) is 18.9.